The first-order chi connectivity index (χ1) is 14.4. The van der Waals surface area contributed by atoms with Crippen LogP contribution in [0.2, 0.25) is 0 Å². The second-order valence-corrected chi connectivity index (χ2v) is 6.94. The van der Waals surface area contributed by atoms with Gasteiger partial charge in [-0.1, -0.05) is 6.07 Å². The van der Waals surface area contributed by atoms with E-state index in [1.807, 2.05) is 19.1 Å². The van der Waals surface area contributed by atoms with E-state index in [-0.39, 0.29) is 29.8 Å². The van der Waals surface area contributed by atoms with Crippen LogP contribution in [0.15, 0.2) is 24.3 Å². The van der Waals surface area contributed by atoms with Gasteiger partial charge in [-0.15, -0.1) is 0 Å². The number of nitrogens with zero attached hydrogens (tertiary/aromatic N) is 1. The van der Waals surface area contributed by atoms with Crippen LogP contribution in [0.1, 0.15) is 27.9 Å². The van der Waals surface area contributed by atoms with E-state index < -0.39 is 5.91 Å². The Labute approximate surface area is 175 Å². The van der Waals surface area contributed by atoms with Crippen LogP contribution in [-0.4, -0.2) is 46.3 Å². The van der Waals surface area contributed by atoms with Gasteiger partial charge < -0.3 is 29.6 Å². The van der Waals surface area contributed by atoms with E-state index in [1.165, 1.54) is 14.2 Å². The Balaban J connectivity index is 2.05. The Morgan fingerprint density at radius 2 is 1.67 bits per heavy atom. The number of benzene rings is 2. The highest BCUT2D eigenvalue weighted by Crippen LogP contribution is 2.42. The van der Waals surface area contributed by atoms with Gasteiger partial charge in [-0.3, -0.25) is 9.59 Å². The molecule has 0 saturated carbocycles. The average molecular weight is 414 g/mol. The number of methoxy groups -OCH3 is 3. The molecule has 2 N–H and O–H groups in total. The molecule has 1 heterocycles. The maximum Gasteiger partial charge on any atom is 0.258 e. The summed E-state index contributed by atoms with van der Waals surface area (Å²) >= 11 is 0. The summed E-state index contributed by atoms with van der Waals surface area (Å²) in [5.74, 6) is 0.566. The van der Waals surface area contributed by atoms with Crippen molar-refractivity contribution in [1.82, 2.24) is 0 Å². The van der Waals surface area contributed by atoms with Crippen molar-refractivity contribution in [2.75, 3.05) is 39.4 Å². The fourth-order valence-electron chi connectivity index (χ4n) is 3.67. The number of carbonyl (C=O) groups excluding carboxylic acids is 2. The zero-order valence-electron chi connectivity index (χ0n) is 17.6. The van der Waals surface area contributed by atoms with Crippen molar-refractivity contribution >= 4 is 17.5 Å². The Kier molecular flexibility index (Phi) is 6.34. The standard InChI is InChI=1S/C22H26N2O6/c1-13-7-8-16(27-2)20-15(13)6-5-9-24(20)22(26)14-10-17(28-3)21(18(11-14)29-4)30-12-19(23)25/h7-8,10-11H,5-6,9,12H2,1-4H3,(H2,23,25). The first-order valence-electron chi connectivity index (χ1n) is 9.56. The molecular weight excluding hydrogens is 388 g/mol. The molecule has 0 bridgehead atoms. The molecule has 0 fully saturated rings. The summed E-state index contributed by atoms with van der Waals surface area (Å²) in [6, 6.07) is 7.01. The maximum absolute atomic E-state index is 13.5. The molecule has 2 amide bonds. The van der Waals surface area contributed by atoms with E-state index in [2.05, 4.69) is 0 Å². The second-order valence-electron chi connectivity index (χ2n) is 6.94. The molecule has 0 unspecified atom stereocenters. The van der Waals surface area contributed by atoms with E-state index >= 15 is 0 Å². The van der Waals surface area contributed by atoms with Crippen molar-refractivity contribution in [1.29, 1.82) is 0 Å². The lowest BCUT2D eigenvalue weighted by atomic mass is 9.95. The van der Waals surface area contributed by atoms with Gasteiger partial charge in [0.1, 0.15) is 5.75 Å². The lowest BCUT2D eigenvalue weighted by Crippen LogP contribution is -2.36. The van der Waals surface area contributed by atoms with E-state index in [4.69, 9.17) is 24.7 Å². The van der Waals surface area contributed by atoms with Gasteiger partial charge in [0.05, 0.1) is 27.0 Å². The summed E-state index contributed by atoms with van der Waals surface area (Å²) in [6.45, 7) is 2.26. The fourth-order valence-corrected chi connectivity index (χ4v) is 3.67. The number of fused-ring (bicyclic) bond motifs is 1. The van der Waals surface area contributed by atoms with Crippen LogP contribution in [0.3, 0.4) is 0 Å². The van der Waals surface area contributed by atoms with Crippen LogP contribution in [0, 0.1) is 6.92 Å². The van der Waals surface area contributed by atoms with Gasteiger partial charge in [-0.25, -0.2) is 0 Å². The molecule has 0 spiro atoms. The molecule has 1 aliphatic heterocycles. The second kappa shape index (κ2) is 8.94. The van der Waals surface area contributed by atoms with Crippen LogP contribution >= 0.6 is 0 Å². The van der Waals surface area contributed by atoms with Gasteiger partial charge in [0.25, 0.3) is 11.8 Å². The highest BCUT2D eigenvalue weighted by molar-refractivity contribution is 6.08. The minimum Gasteiger partial charge on any atom is -0.495 e. The molecule has 0 radical (unpaired) electrons. The Morgan fingerprint density at radius 3 is 2.23 bits per heavy atom. The summed E-state index contributed by atoms with van der Waals surface area (Å²) in [5, 5.41) is 0. The first-order valence-corrected chi connectivity index (χ1v) is 9.56. The average Bonchev–Trinajstić information content (AvgIpc) is 2.76. The third kappa shape index (κ3) is 3.98. The molecule has 8 heteroatoms. The Morgan fingerprint density at radius 1 is 1.03 bits per heavy atom. The highest BCUT2D eigenvalue weighted by Gasteiger charge is 2.29. The van der Waals surface area contributed by atoms with Crippen molar-refractivity contribution in [3.8, 4) is 23.0 Å². The number of primary amides is 1. The monoisotopic (exact) mass is 414 g/mol. The molecule has 0 aromatic heterocycles. The molecule has 1 aliphatic rings. The Bertz CT molecular complexity index is 947. The number of aryl methyl sites for hydroxylation is 1. The smallest absolute Gasteiger partial charge is 0.258 e. The van der Waals surface area contributed by atoms with Gasteiger partial charge in [0.2, 0.25) is 5.75 Å². The zero-order chi connectivity index (χ0) is 21.8. The quantitative estimate of drug-likeness (QED) is 0.747. The third-order valence-corrected chi connectivity index (χ3v) is 5.09. The van der Waals surface area contributed by atoms with Crippen LogP contribution in [0.5, 0.6) is 23.0 Å². The van der Waals surface area contributed by atoms with Crippen molar-refractivity contribution in [3.05, 3.63) is 41.0 Å². The predicted octanol–water partition coefficient (Wildman–Crippen LogP) is 2.48. The van der Waals surface area contributed by atoms with Crippen LogP contribution in [-0.2, 0) is 11.2 Å². The molecule has 0 aliphatic carbocycles. The molecule has 2 aromatic carbocycles. The van der Waals surface area contributed by atoms with E-state index in [0.717, 1.165) is 29.7 Å². The van der Waals surface area contributed by atoms with E-state index in [1.54, 1.807) is 24.1 Å². The summed E-state index contributed by atoms with van der Waals surface area (Å²) in [7, 11) is 4.49. The predicted molar refractivity (Wildman–Crippen MR) is 112 cm³/mol. The molecule has 8 nitrogen and oxygen atoms in total. The van der Waals surface area contributed by atoms with E-state index in [0.29, 0.717) is 17.9 Å². The zero-order valence-corrected chi connectivity index (χ0v) is 17.6. The molecule has 0 atom stereocenters. The van der Waals surface area contributed by atoms with Crippen LogP contribution in [0.25, 0.3) is 0 Å². The van der Waals surface area contributed by atoms with Gasteiger partial charge in [0.15, 0.2) is 18.1 Å². The molecule has 30 heavy (non-hydrogen) atoms. The summed E-state index contributed by atoms with van der Waals surface area (Å²) in [4.78, 5) is 26.3. The lowest BCUT2D eigenvalue weighted by molar-refractivity contribution is -0.120. The van der Waals surface area contributed by atoms with Gasteiger partial charge in [-0.05, 0) is 49.1 Å². The van der Waals surface area contributed by atoms with Crippen molar-refractivity contribution in [2.24, 2.45) is 5.73 Å². The number of hydrogen-bond donors (Lipinski definition) is 1. The molecule has 0 saturated heterocycles. The minimum absolute atomic E-state index is 0.210. The number of rotatable bonds is 7. The molecular formula is C22H26N2O6. The summed E-state index contributed by atoms with van der Waals surface area (Å²) in [6.07, 6.45) is 1.73. The third-order valence-electron chi connectivity index (χ3n) is 5.09. The number of hydrogen-bond acceptors (Lipinski definition) is 6. The van der Waals surface area contributed by atoms with Gasteiger partial charge >= 0.3 is 0 Å². The number of nitrogens with two attached hydrogens (primary N) is 1. The molecule has 2 aromatic rings. The highest BCUT2D eigenvalue weighted by atomic mass is 16.5. The summed E-state index contributed by atoms with van der Waals surface area (Å²) < 4.78 is 21.7. The van der Waals surface area contributed by atoms with Crippen molar-refractivity contribution < 1.29 is 28.5 Å². The number of ether oxygens (including phenoxy) is 4. The van der Waals surface area contributed by atoms with Crippen molar-refractivity contribution in [3.63, 3.8) is 0 Å². The maximum atomic E-state index is 13.5. The molecule has 3 rings (SSSR count). The normalized spacial score (nSPS) is 12.7. The Hall–Kier alpha value is -3.42. The number of anilines is 1. The van der Waals surface area contributed by atoms with Crippen LogP contribution in [0.4, 0.5) is 5.69 Å². The van der Waals surface area contributed by atoms with Gasteiger partial charge in [0, 0.05) is 12.1 Å². The lowest BCUT2D eigenvalue weighted by Gasteiger charge is -2.32. The SMILES string of the molecule is COc1cc(C(=O)N2CCCc3c(C)ccc(OC)c32)cc(OC)c1OCC(N)=O. The van der Waals surface area contributed by atoms with Crippen molar-refractivity contribution in [2.45, 2.75) is 19.8 Å². The van der Waals surface area contributed by atoms with E-state index in [9.17, 15) is 9.59 Å². The van der Waals surface area contributed by atoms with Crippen LogP contribution < -0.4 is 29.6 Å². The topological polar surface area (TPSA) is 100 Å². The minimum atomic E-state index is -0.633. The first kappa shape index (κ1) is 21.3. The number of amides is 2. The number of carbonyl (C=O) groups is 2. The molecule has 160 valence electrons. The summed E-state index contributed by atoms with van der Waals surface area (Å²) in [5.41, 5.74) is 8.55. The largest absolute Gasteiger partial charge is 0.495 e. The fraction of sp³-hybridized carbons (Fsp3) is 0.364. The van der Waals surface area contributed by atoms with Gasteiger partial charge in [-0.2, -0.15) is 0 Å².